The summed E-state index contributed by atoms with van der Waals surface area (Å²) in [4.78, 5) is 0.142. The third-order valence-electron chi connectivity index (χ3n) is 3.34. The van der Waals surface area contributed by atoms with Crippen LogP contribution in [0.3, 0.4) is 0 Å². The van der Waals surface area contributed by atoms with Crippen molar-refractivity contribution in [1.29, 1.82) is 0 Å². The first kappa shape index (κ1) is 18.7. The molecule has 1 atom stereocenters. The first-order chi connectivity index (χ1) is 11.4. The van der Waals surface area contributed by atoms with Crippen LogP contribution in [0, 0.1) is 0 Å². The van der Waals surface area contributed by atoms with Crippen molar-refractivity contribution >= 4 is 21.6 Å². The molecule has 2 aromatic rings. The summed E-state index contributed by atoms with van der Waals surface area (Å²) >= 11 is 5.80. The molecule has 0 amide bonds. The van der Waals surface area contributed by atoms with Gasteiger partial charge in [-0.1, -0.05) is 23.6 Å². The number of nitrogens with one attached hydrogen (secondary N) is 1. The molecule has 0 fully saturated rings. The molecule has 2 rings (SSSR count). The van der Waals surface area contributed by atoms with Gasteiger partial charge in [-0.05, 0) is 44.5 Å². The lowest BCUT2D eigenvalue weighted by atomic mass is 10.3. The van der Waals surface area contributed by atoms with Crippen molar-refractivity contribution in [3.63, 3.8) is 0 Å². The normalized spacial score (nSPS) is 13.0. The summed E-state index contributed by atoms with van der Waals surface area (Å²) < 4.78 is 34.8. The first-order valence-electron chi connectivity index (χ1n) is 7.72. The van der Waals surface area contributed by atoms with Gasteiger partial charge in [0.05, 0.1) is 17.5 Å². The number of benzene rings is 1. The van der Waals surface area contributed by atoms with Crippen LogP contribution in [0.25, 0.3) is 0 Å². The second-order valence-corrected chi connectivity index (χ2v) is 7.38. The van der Waals surface area contributed by atoms with E-state index in [-0.39, 0.29) is 4.90 Å². The van der Waals surface area contributed by atoms with Crippen LogP contribution < -0.4 is 9.46 Å². The second kappa shape index (κ2) is 7.96. The lowest BCUT2D eigenvalue weighted by Gasteiger charge is -2.15. The van der Waals surface area contributed by atoms with Crippen molar-refractivity contribution in [1.82, 2.24) is 19.5 Å². The second-order valence-electron chi connectivity index (χ2n) is 5.23. The third kappa shape index (κ3) is 4.25. The molecule has 0 bridgehead atoms. The Labute approximate surface area is 147 Å². The quantitative estimate of drug-likeness (QED) is 0.770. The molecular formula is C15H21ClN4O3S. The summed E-state index contributed by atoms with van der Waals surface area (Å²) in [6, 6.07) is 5.82. The van der Waals surface area contributed by atoms with Gasteiger partial charge in [0, 0.05) is 11.6 Å². The third-order valence-corrected chi connectivity index (χ3v) is 5.15. The van der Waals surface area contributed by atoms with Gasteiger partial charge < -0.3 is 4.74 Å². The van der Waals surface area contributed by atoms with Crippen LogP contribution in [0.5, 0.6) is 6.01 Å². The number of aromatic nitrogens is 3. The van der Waals surface area contributed by atoms with E-state index >= 15 is 0 Å². The van der Waals surface area contributed by atoms with Crippen molar-refractivity contribution in [2.75, 3.05) is 6.61 Å². The topological polar surface area (TPSA) is 86.1 Å². The van der Waals surface area contributed by atoms with Gasteiger partial charge in [-0.15, -0.1) is 5.10 Å². The predicted molar refractivity (Wildman–Crippen MR) is 91.7 cm³/mol. The molecule has 1 aromatic heterocycles. The van der Waals surface area contributed by atoms with Crippen LogP contribution in [-0.4, -0.2) is 29.8 Å². The van der Waals surface area contributed by atoms with Gasteiger partial charge in [-0.2, -0.15) is 0 Å². The number of halogens is 1. The number of ether oxygens (including phenoxy) is 1. The standard InChI is InChI=1S/C15H21ClN4O3S/c1-4-10-23-15-18-17-14(20(15)5-2)11(3)19-24(21,22)13-8-6-12(16)7-9-13/h6-9,11,19H,4-5,10H2,1-3H3. The summed E-state index contributed by atoms with van der Waals surface area (Å²) in [5.41, 5.74) is 0. The van der Waals surface area contributed by atoms with E-state index in [9.17, 15) is 8.42 Å². The fourth-order valence-corrected chi connectivity index (χ4v) is 3.51. The maximum atomic E-state index is 12.5. The molecule has 0 saturated carbocycles. The average Bonchev–Trinajstić information content (AvgIpc) is 2.95. The highest BCUT2D eigenvalue weighted by molar-refractivity contribution is 7.89. The molecule has 0 spiro atoms. The Bertz CT molecular complexity index is 775. The maximum Gasteiger partial charge on any atom is 0.316 e. The zero-order chi connectivity index (χ0) is 17.7. The molecule has 7 nitrogen and oxygen atoms in total. The van der Waals surface area contributed by atoms with E-state index < -0.39 is 16.1 Å². The molecule has 0 aliphatic carbocycles. The summed E-state index contributed by atoms with van der Waals surface area (Å²) in [5.74, 6) is 0.501. The van der Waals surface area contributed by atoms with Gasteiger partial charge in [0.2, 0.25) is 10.0 Å². The minimum atomic E-state index is -3.69. The summed E-state index contributed by atoms with van der Waals surface area (Å²) in [7, 11) is -3.69. The maximum absolute atomic E-state index is 12.5. The van der Waals surface area contributed by atoms with Gasteiger partial charge in [0.25, 0.3) is 0 Å². The Hall–Kier alpha value is -1.64. The van der Waals surface area contributed by atoms with Crippen molar-refractivity contribution in [3.8, 4) is 6.01 Å². The molecule has 1 heterocycles. The Morgan fingerprint density at radius 2 is 1.92 bits per heavy atom. The van der Waals surface area contributed by atoms with E-state index in [1.54, 1.807) is 11.5 Å². The van der Waals surface area contributed by atoms with E-state index in [1.165, 1.54) is 24.3 Å². The zero-order valence-electron chi connectivity index (χ0n) is 13.9. The molecule has 1 N–H and O–H groups in total. The summed E-state index contributed by atoms with van der Waals surface area (Å²) in [6.45, 7) is 6.74. The van der Waals surface area contributed by atoms with E-state index in [4.69, 9.17) is 16.3 Å². The minimum Gasteiger partial charge on any atom is -0.464 e. The van der Waals surface area contributed by atoms with Gasteiger partial charge in [0.1, 0.15) is 0 Å². The van der Waals surface area contributed by atoms with Crippen molar-refractivity contribution in [3.05, 3.63) is 35.1 Å². The summed E-state index contributed by atoms with van der Waals surface area (Å²) in [5, 5.41) is 8.55. The van der Waals surface area contributed by atoms with Gasteiger partial charge in [0.15, 0.2) is 5.82 Å². The highest BCUT2D eigenvalue weighted by Crippen LogP contribution is 2.20. The average molecular weight is 373 g/mol. The van der Waals surface area contributed by atoms with Gasteiger partial charge in [-0.25, -0.2) is 13.1 Å². The lowest BCUT2D eigenvalue weighted by molar-refractivity contribution is 0.276. The molecule has 1 aromatic carbocycles. The van der Waals surface area contributed by atoms with Crippen molar-refractivity contribution in [2.24, 2.45) is 0 Å². The molecular weight excluding hydrogens is 352 g/mol. The predicted octanol–water partition coefficient (Wildman–Crippen LogP) is 2.78. The molecule has 132 valence electrons. The fourth-order valence-electron chi connectivity index (χ4n) is 2.18. The Kier molecular flexibility index (Phi) is 6.20. The van der Waals surface area contributed by atoms with E-state index in [0.29, 0.717) is 30.0 Å². The fraction of sp³-hybridized carbons (Fsp3) is 0.467. The van der Waals surface area contributed by atoms with Crippen LogP contribution in [0.15, 0.2) is 29.2 Å². The van der Waals surface area contributed by atoms with Crippen LogP contribution in [0.4, 0.5) is 0 Å². The van der Waals surface area contributed by atoms with Crippen molar-refractivity contribution < 1.29 is 13.2 Å². The Morgan fingerprint density at radius 3 is 2.50 bits per heavy atom. The lowest BCUT2D eigenvalue weighted by Crippen LogP contribution is -2.29. The molecule has 24 heavy (non-hydrogen) atoms. The SMILES string of the molecule is CCCOc1nnc(C(C)NS(=O)(=O)c2ccc(Cl)cc2)n1CC. The van der Waals surface area contributed by atoms with Crippen molar-refractivity contribution in [2.45, 2.75) is 44.7 Å². The van der Waals surface area contributed by atoms with Crippen LogP contribution in [-0.2, 0) is 16.6 Å². The molecule has 1 unspecified atom stereocenters. The number of rotatable bonds is 8. The summed E-state index contributed by atoms with van der Waals surface area (Å²) in [6.07, 6.45) is 0.852. The van der Waals surface area contributed by atoms with Crippen LogP contribution >= 0.6 is 11.6 Å². The van der Waals surface area contributed by atoms with E-state index in [1.807, 2.05) is 13.8 Å². The monoisotopic (exact) mass is 372 g/mol. The molecule has 0 aliphatic rings. The Balaban J connectivity index is 2.21. The number of hydrogen-bond acceptors (Lipinski definition) is 5. The minimum absolute atomic E-state index is 0.142. The zero-order valence-corrected chi connectivity index (χ0v) is 15.4. The largest absolute Gasteiger partial charge is 0.464 e. The molecule has 9 heteroatoms. The van der Waals surface area contributed by atoms with Crippen LogP contribution in [0.2, 0.25) is 5.02 Å². The van der Waals surface area contributed by atoms with Gasteiger partial charge in [-0.3, -0.25) is 4.57 Å². The Morgan fingerprint density at radius 1 is 1.25 bits per heavy atom. The molecule has 0 saturated heterocycles. The van der Waals surface area contributed by atoms with Crippen LogP contribution in [0.1, 0.15) is 39.1 Å². The van der Waals surface area contributed by atoms with E-state index in [2.05, 4.69) is 14.9 Å². The highest BCUT2D eigenvalue weighted by Gasteiger charge is 2.23. The first-order valence-corrected chi connectivity index (χ1v) is 9.59. The number of hydrogen-bond donors (Lipinski definition) is 1. The smallest absolute Gasteiger partial charge is 0.316 e. The number of nitrogens with zero attached hydrogens (tertiary/aromatic N) is 3. The van der Waals surface area contributed by atoms with E-state index in [0.717, 1.165) is 6.42 Å². The molecule has 0 radical (unpaired) electrons. The highest BCUT2D eigenvalue weighted by atomic mass is 35.5. The van der Waals surface area contributed by atoms with Gasteiger partial charge >= 0.3 is 6.01 Å². The molecule has 0 aliphatic heterocycles. The number of sulfonamides is 1.